The number of fused-ring (bicyclic) bond motifs is 1. The lowest BCUT2D eigenvalue weighted by Gasteiger charge is -2.25. The van der Waals surface area contributed by atoms with Crippen molar-refractivity contribution < 1.29 is 0 Å². The zero-order valence-corrected chi connectivity index (χ0v) is 14.0. The van der Waals surface area contributed by atoms with Crippen LogP contribution in [0.4, 0.5) is 5.82 Å². The summed E-state index contributed by atoms with van der Waals surface area (Å²) in [5, 5.41) is 13.9. The van der Waals surface area contributed by atoms with Crippen LogP contribution in [0, 0.1) is 6.92 Å². The Labute approximate surface area is 139 Å². The molecular formula is C16H20N6S. The van der Waals surface area contributed by atoms with Crippen molar-refractivity contribution in [2.24, 2.45) is 0 Å². The highest BCUT2D eigenvalue weighted by atomic mass is 32.1. The van der Waals surface area contributed by atoms with Gasteiger partial charge < -0.3 is 10.2 Å². The van der Waals surface area contributed by atoms with Crippen molar-refractivity contribution in [1.29, 1.82) is 0 Å². The van der Waals surface area contributed by atoms with Gasteiger partial charge in [0.25, 0.3) is 0 Å². The van der Waals surface area contributed by atoms with Crippen molar-refractivity contribution in [3.63, 3.8) is 0 Å². The molecule has 120 valence electrons. The second-order valence-electron chi connectivity index (χ2n) is 5.90. The summed E-state index contributed by atoms with van der Waals surface area (Å²) in [6, 6.07) is 4.48. The Kier molecular flexibility index (Phi) is 3.97. The summed E-state index contributed by atoms with van der Waals surface area (Å²) in [4.78, 5) is 8.03. The van der Waals surface area contributed by atoms with Gasteiger partial charge in [0.05, 0.1) is 11.4 Å². The Morgan fingerprint density at radius 1 is 1.43 bits per heavy atom. The number of nitrogens with zero attached hydrogens (tertiary/aromatic N) is 5. The molecule has 4 rings (SSSR count). The van der Waals surface area contributed by atoms with Gasteiger partial charge in [0.1, 0.15) is 0 Å². The zero-order chi connectivity index (χ0) is 15.6. The van der Waals surface area contributed by atoms with E-state index in [1.807, 2.05) is 12.1 Å². The highest BCUT2D eigenvalue weighted by Crippen LogP contribution is 2.23. The molecule has 7 heteroatoms. The number of hydrogen-bond acceptors (Lipinski definition) is 6. The number of aromatic nitrogens is 4. The average molecular weight is 328 g/mol. The lowest BCUT2D eigenvalue weighted by Crippen LogP contribution is -2.38. The lowest BCUT2D eigenvalue weighted by atomic mass is 10.2. The molecule has 0 aliphatic carbocycles. The molecule has 1 N–H and O–H groups in total. The fraction of sp³-hybridized carbons (Fsp3) is 0.438. The van der Waals surface area contributed by atoms with E-state index in [-0.39, 0.29) is 0 Å². The molecule has 1 saturated heterocycles. The largest absolute Gasteiger partial charge is 0.351 e. The Morgan fingerprint density at radius 2 is 2.39 bits per heavy atom. The molecule has 23 heavy (non-hydrogen) atoms. The molecule has 0 aromatic carbocycles. The molecule has 1 atom stereocenters. The Balaban J connectivity index is 1.41. The molecule has 1 aliphatic heterocycles. The van der Waals surface area contributed by atoms with Crippen LogP contribution < -0.4 is 10.2 Å². The molecule has 1 fully saturated rings. The van der Waals surface area contributed by atoms with Crippen molar-refractivity contribution in [3.05, 3.63) is 41.3 Å². The van der Waals surface area contributed by atoms with Gasteiger partial charge in [-0.25, -0.2) is 4.98 Å². The number of thiazole rings is 1. The summed E-state index contributed by atoms with van der Waals surface area (Å²) >= 11 is 1.68. The molecule has 0 bridgehead atoms. The predicted molar refractivity (Wildman–Crippen MR) is 91.9 cm³/mol. The maximum absolute atomic E-state index is 4.60. The second-order valence-corrected chi connectivity index (χ2v) is 6.77. The fourth-order valence-corrected chi connectivity index (χ4v) is 4.09. The van der Waals surface area contributed by atoms with Crippen LogP contribution in [0.1, 0.15) is 24.2 Å². The van der Waals surface area contributed by atoms with E-state index >= 15 is 0 Å². The Morgan fingerprint density at radius 3 is 3.26 bits per heavy atom. The van der Waals surface area contributed by atoms with Crippen molar-refractivity contribution in [3.8, 4) is 0 Å². The topological polar surface area (TPSA) is 58.4 Å². The van der Waals surface area contributed by atoms with Crippen LogP contribution in [0.15, 0.2) is 29.9 Å². The number of imidazole rings is 1. The summed E-state index contributed by atoms with van der Waals surface area (Å²) < 4.78 is 2.18. The molecule has 0 saturated carbocycles. The third-order valence-corrected chi connectivity index (χ3v) is 5.22. The van der Waals surface area contributed by atoms with Crippen molar-refractivity contribution in [2.75, 3.05) is 18.0 Å². The van der Waals surface area contributed by atoms with Crippen LogP contribution in [0.5, 0.6) is 0 Å². The standard InChI is InChI=1S/C16H20N6S/c1-12-14(22-8-9-23-16(22)19-12)11-17-10-13-4-3-7-21(13)15-5-2-6-18-20-15/h2,5-6,8-9,13,17H,3-4,7,10-11H2,1H3/t13-/m1/s1. The zero-order valence-electron chi connectivity index (χ0n) is 13.1. The predicted octanol–water partition coefficient (Wildman–Crippen LogP) is 2.25. The third-order valence-electron chi connectivity index (χ3n) is 4.46. The van der Waals surface area contributed by atoms with E-state index in [0.717, 1.165) is 36.1 Å². The van der Waals surface area contributed by atoms with Gasteiger partial charge in [-0.3, -0.25) is 4.40 Å². The maximum atomic E-state index is 4.60. The quantitative estimate of drug-likeness (QED) is 0.778. The Hall–Kier alpha value is -1.99. The van der Waals surface area contributed by atoms with E-state index in [4.69, 9.17) is 0 Å². The van der Waals surface area contributed by atoms with E-state index in [2.05, 4.69) is 48.3 Å². The highest BCUT2D eigenvalue weighted by molar-refractivity contribution is 7.15. The van der Waals surface area contributed by atoms with Gasteiger partial charge >= 0.3 is 0 Å². The van der Waals surface area contributed by atoms with Gasteiger partial charge in [-0.2, -0.15) is 5.10 Å². The van der Waals surface area contributed by atoms with Gasteiger partial charge in [0, 0.05) is 43.4 Å². The second kappa shape index (κ2) is 6.25. The average Bonchev–Trinajstić information content (AvgIpc) is 3.26. The summed E-state index contributed by atoms with van der Waals surface area (Å²) in [7, 11) is 0. The highest BCUT2D eigenvalue weighted by Gasteiger charge is 2.25. The van der Waals surface area contributed by atoms with E-state index < -0.39 is 0 Å². The number of rotatable bonds is 5. The Bertz CT molecular complexity index is 780. The van der Waals surface area contributed by atoms with Gasteiger partial charge in [-0.1, -0.05) is 0 Å². The van der Waals surface area contributed by atoms with Crippen LogP contribution in [-0.4, -0.2) is 38.7 Å². The smallest absolute Gasteiger partial charge is 0.194 e. The number of hydrogen-bond donors (Lipinski definition) is 1. The molecule has 0 amide bonds. The first-order valence-corrected chi connectivity index (χ1v) is 8.87. The number of anilines is 1. The fourth-order valence-electron chi connectivity index (χ4n) is 3.31. The molecule has 0 spiro atoms. The normalized spacial score (nSPS) is 18.1. The molecular weight excluding hydrogens is 308 g/mol. The first-order chi connectivity index (χ1) is 11.3. The van der Waals surface area contributed by atoms with Gasteiger partial charge in [-0.15, -0.1) is 16.4 Å². The van der Waals surface area contributed by atoms with E-state index in [0.29, 0.717) is 6.04 Å². The maximum Gasteiger partial charge on any atom is 0.194 e. The van der Waals surface area contributed by atoms with Gasteiger partial charge in [-0.05, 0) is 31.9 Å². The molecule has 1 aliphatic rings. The van der Waals surface area contributed by atoms with Crippen LogP contribution in [-0.2, 0) is 6.54 Å². The molecule has 0 radical (unpaired) electrons. The SMILES string of the molecule is Cc1nc2sccn2c1CNC[C@H]1CCCN1c1cccnn1. The lowest BCUT2D eigenvalue weighted by molar-refractivity contribution is 0.563. The van der Waals surface area contributed by atoms with E-state index in [1.54, 1.807) is 17.5 Å². The minimum atomic E-state index is 0.484. The summed E-state index contributed by atoms with van der Waals surface area (Å²) in [5.41, 5.74) is 2.37. The summed E-state index contributed by atoms with van der Waals surface area (Å²) in [5.74, 6) is 0.984. The number of aryl methyl sites for hydroxylation is 1. The minimum absolute atomic E-state index is 0.484. The minimum Gasteiger partial charge on any atom is -0.351 e. The first-order valence-electron chi connectivity index (χ1n) is 7.99. The molecule has 4 heterocycles. The van der Waals surface area contributed by atoms with Crippen molar-refractivity contribution in [1.82, 2.24) is 24.9 Å². The molecule has 3 aromatic heterocycles. The van der Waals surface area contributed by atoms with Crippen LogP contribution in [0.2, 0.25) is 0 Å². The molecule has 3 aromatic rings. The van der Waals surface area contributed by atoms with Crippen molar-refractivity contribution in [2.45, 2.75) is 32.4 Å². The van der Waals surface area contributed by atoms with Crippen LogP contribution in [0.3, 0.4) is 0 Å². The first kappa shape index (κ1) is 14.6. The van der Waals surface area contributed by atoms with E-state index in [9.17, 15) is 0 Å². The molecule has 0 unspecified atom stereocenters. The summed E-state index contributed by atoms with van der Waals surface area (Å²) in [6.07, 6.45) is 6.23. The van der Waals surface area contributed by atoms with Gasteiger partial charge in [0.2, 0.25) is 0 Å². The number of nitrogens with one attached hydrogen (secondary N) is 1. The van der Waals surface area contributed by atoms with Gasteiger partial charge in [0.15, 0.2) is 10.8 Å². The monoisotopic (exact) mass is 328 g/mol. The van der Waals surface area contributed by atoms with E-state index in [1.165, 1.54) is 18.5 Å². The van der Waals surface area contributed by atoms with Crippen LogP contribution in [0.25, 0.3) is 4.96 Å². The summed E-state index contributed by atoms with van der Waals surface area (Å²) in [6.45, 7) is 4.94. The third kappa shape index (κ3) is 2.82. The van der Waals surface area contributed by atoms with Crippen molar-refractivity contribution >= 4 is 22.1 Å². The van der Waals surface area contributed by atoms with Crippen LogP contribution >= 0.6 is 11.3 Å². The molecule has 6 nitrogen and oxygen atoms in total.